The molecule has 0 bridgehead atoms. The second-order valence-corrected chi connectivity index (χ2v) is 8.88. The van der Waals surface area contributed by atoms with Gasteiger partial charge in [-0.3, -0.25) is 5.10 Å². The van der Waals surface area contributed by atoms with Gasteiger partial charge in [0.1, 0.15) is 15.7 Å². The first-order chi connectivity index (χ1) is 12.3. The van der Waals surface area contributed by atoms with Gasteiger partial charge in [-0.15, -0.1) is 11.3 Å². The lowest BCUT2D eigenvalue weighted by atomic mass is 10.1. The summed E-state index contributed by atoms with van der Waals surface area (Å²) >= 11 is 1.45. The molecule has 26 heavy (non-hydrogen) atoms. The number of benzene rings is 1. The van der Waals surface area contributed by atoms with Crippen LogP contribution >= 0.6 is 11.3 Å². The van der Waals surface area contributed by atoms with Crippen molar-refractivity contribution in [1.29, 1.82) is 0 Å². The summed E-state index contributed by atoms with van der Waals surface area (Å²) in [6, 6.07) is 6.33. The van der Waals surface area contributed by atoms with Crippen molar-refractivity contribution in [3.05, 3.63) is 62.6 Å². The van der Waals surface area contributed by atoms with Crippen molar-refractivity contribution in [1.82, 2.24) is 19.9 Å². The van der Waals surface area contributed by atoms with E-state index < -0.39 is 10.0 Å². The number of nitrogens with zero attached hydrogens (tertiary/aromatic N) is 2. The molecule has 0 amide bonds. The van der Waals surface area contributed by atoms with Crippen LogP contribution in [0, 0.1) is 26.6 Å². The van der Waals surface area contributed by atoms with Gasteiger partial charge in [0.05, 0.1) is 23.6 Å². The Bertz CT molecular complexity index is 1000. The summed E-state index contributed by atoms with van der Waals surface area (Å²) in [5.74, 6) is -0.269. The normalized spacial score (nSPS) is 11.8. The van der Waals surface area contributed by atoms with Crippen LogP contribution in [-0.4, -0.2) is 23.6 Å². The van der Waals surface area contributed by atoms with Crippen LogP contribution in [0.15, 0.2) is 29.2 Å². The highest BCUT2D eigenvalue weighted by atomic mass is 32.2. The number of aromatic amines is 1. The standard InChI is InChI=1S/C17H19FN4O2S2/c1-10-15(8-13-4-6-14(18)7-5-13)25-16(20-10)9-19-26(23,24)17-11(2)21-22-12(17)3/h4-7,19H,8-9H2,1-3H3,(H,21,22). The van der Waals surface area contributed by atoms with Crippen LogP contribution in [0.2, 0.25) is 0 Å². The summed E-state index contributed by atoms with van der Waals surface area (Å²) in [7, 11) is -3.66. The molecule has 2 N–H and O–H groups in total. The van der Waals surface area contributed by atoms with Crippen molar-refractivity contribution in [2.75, 3.05) is 0 Å². The van der Waals surface area contributed by atoms with E-state index in [9.17, 15) is 12.8 Å². The predicted molar refractivity (Wildman–Crippen MR) is 98.1 cm³/mol. The Morgan fingerprint density at radius 2 is 1.85 bits per heavy atom. The predicted octanol–water partition coefficient (Wildman–Crippen LogP) is 3.00. The molecule has 0 spiro atoms. The van der Waals surface area contributed by atoms with Crippen molar-refractivity contribution >= 4 is 21.4 Å². The molecule has 0 saturated carbocycles. The Hall–Kier alpha value is -2.10. The fourth-order valence-electron chi connectivity index (χ4n) is 2.68. The molecule has 2 aromatic heterocycles. The van der Waals surface area contributed by atoms with Crippen LogP contribution in [0.3, 0.4) is 0 Å². The van der Waals surface area contributed by atoms with Crippen LogP contribution in [-0.2, 0) is 23.0 Å². The first kappa shape index (κ1) is 18.7. The van der Waals surface area contributed by atoms with Gasteiger partial charge in [0.2, 0.25) is 10.0 Å². The Morgan fingerprint density at radius 3 is 2.46 bits per heavy atom. The number of rotatable bonds is 6. The summed E-state index contributed by atoms with van der Waals surface area (Å²) in [6.07, 6.45) is 0.635. The van der Waals surface area contributed by atoms with E-state index in [1.54, 1.807) is 26.0 Å². The van der Waals surface area contributed by atoms with Crippen LogP contribution in [0.25, 0.3) is 0 Å². The molecule has 138 valence electrons. The first-order valence-electron chi connectivity index (χ1n) is 7.97. The summed E-state index contributed by atoms with van der Waals surface area (Å²) in [5.41, 5.74) is 2.77. The maximum atomic E-state index is 13.0. The van der Waals surface area contributed by atoms with Crippen molar-refractivity contribution in [2.24, 2.45) is 0 Å². The SMILES string of the molecule is Cc1nc(CNS(=O)(=O)c2c(C)n[nH]c2C)sc1Cc1ccc(F)cc1. The molecule has 6 nitrogen and oxygen atoms in total. The summed E-state index contributed by atoms with van der Waals surface area (Å²) in [6.45, 7) is 5.31. The lowest BCUT2D eigenvalue weighted by Crippen LogP contribution is -2.24. The Morgan fingerprint density at radius 1 is 1.15 bits per heavy atom. The average molecular weight is 394 g/mol. The van der Waals surface area contributed by atoms with Gasteiger partial charge in [-0.25, -0.2) is 22.5 Å². The van der Waals surface area contributed by atoms with Crippen LogP contribution in [0.1, 0.15) is 32.5 Å². The topological polar surface area (TPSA) is 87.7 Å². The fraction of sp³-hybridized carbons (Fsp3) is 0.294. The second kappa shape index (κ2) is 7.26. The number of H-pyrrole nitrogens is 1. The fourth-order valence-corrected chi connectivity index (χ4v) is 5.17. The van der Waals surface area contributed by atoms with Crippen LogP contribution in [0.5, 0.6) is 0 Å². The molecule has 2 heterocycles. The van der Waals surface area contributed by atoms with Gasteiger partial charge in [0.15, 0.2) is 0 Å². The molecule has 3 rings (SSSR count). The van der Waals surface area contributed by atoms with Gasteiger partial charge < -0.3 is 0 Å². The average Bonchev–Trinajstić information content (AvgIpc) is 3.10. The molecule has 0 radical (unpaired) electrons. The first-order valence-corrected chi connectivity index (χ1v) is 10.3. The number of halogens is 1. The number of hydrogen-bond acceptors (Lipinski definition) is 5. The largest absolute Gasteiger partial charge is 0.281 e. The molecular formula is C17H19FN4O2S2. The molecule has 9 heteroatoms. The van der Waals surface area contributed by atoms with E-state index in [2.05, 4.69) is 19.9 Å². The minimum atomic E-state index is -3.66. The molecule has 0 aliphatic rings. The molecule has 0 aliphatic carbocycles. The van der Waals surface area contributed by atoms with Crippen molar-refractivity contribution in [2.45, 2.75) is 38.6 Å². The lowest BCUT2D eigenvalue weighted by molar-refractivity contribution is 0.580. The van der Waals surface area contributed by atoms with Gasteiger partial charge >= 0.3 is 0 Å². The lowest BCUT2D eigenvalue weighted by Gasteiger charge is -2.05. The van der Waals surface area contributed by atoms with E-state index in [4.69, 9.17) is 0 Å². The van der Waals surface area contributed by atoms with Crippen LogP contribution < -0.4 is 4.72 Å². The maximum absolute atomic E-state index is 13.0. The molecule has 0 aliphatic heterocycles. The molecule has 0 atom stereocenters. The quantitative estimate of drug-likeness (QED) is 0.673. The van der Waals surface area contributed by atoms with Gasteiger partial charge in [-0.2, -0.15) is 5.10 Å². The zero-order valence-electron chi connectivity index (χ0n) is 14.6. The van der Waals surface area contributed by atoms with E-state index in [-0.39, 0.29) is 17.3 Å². The number of thiazole rings is 1. The maximum Gasteiger partial charge on any atom is 0.244 e. The van der Waals surface area contributed by atoms with E-state index in [0.29, 0.717) is 22.8 Å². The zero-order chi connectivity index (χ0) is 18.9. The third-order valence-electron chi connectivity index (χ3n) is 3.96. The summed E-state index contributed by atoms with van der Waals surface area (Å²) in [4.78, 5) is 5.65. The molecule has 1 aromatic carbocycles. The number of aromatic nitrogens is 3. The Labute approximate surface area is 155 Å². The highest BCUT2D eigenvalue weighted by Crippen LogP contribution is 2.23. The number of aryl methyl sites for hydroxylation is 3. The molecule has 0 unspecified atom stereocenters. The monoisotopic (exact) mass is 394 g/mol. The van der Waals surface area contributed by atoms with Crippen molar-refractivity contribution in [3.8, 4) is 0 Å². The van der Waals surface area contributed by atoms with E-state index >= 15 is 0 Å². The van der Waals surface area contributed by atoms with Crippen LogP contribution in [0.4, 0.5) is 4.39 Å². The van der Waals surface area contributed by atoms with Gasteiger partial charge in [-0.05, 0) is 38.5 Å². The summed E-state index contributed by atoms with van der Waals surface area (Å²) < 4.78 is 40.6. The molecule has 0 saturated heterocycles. The minimum absolute atomic E-state index is 0.112. The minimum Gasteiger partial charge on any atom is -0.281 e. The van der Waals surface area contributed by atoms with E-state index in [1.165, 1.54) is 23.5 Å². The van der Waals surface area contributed by atoms with Crippen molar-refractivity contribution in [3.63, 3.8) is 0 Å². The zero-order valence-corrected chi connectivity index (χ0v) is 16.3. The van der Waals surface area contributed by atoms with Gasteiger partial charge in [0, 0.05) is 11.3 Å². The molecule has 0 fully saturated rings. The Balaban J connectivity index is 1.72. The van der Waals surface area contributed by atoms with Gasteiger partial charge in [-0.1, -0.05) is 12.1 Å². The number of hydrogen-bond donors (Lipinski definition) is 2. The second-order valence-electron chi connectivity index (χ2n) is 6.01. The smallest absolute Gasteiger partial charge is 0.244 e. The highest BCUT2D eigenvalue weighted by molar-refractivity contribution is 7.89. The number of sulfonamides is 1. The van der Waals surface area contributed by atoms with Crippen molar-refractivity contribution < 1.29 is 12.8 Å². The molecular weight excluding hydrogens is 375 g/mol. The Kier molecular flexibility index (Phi) is 5.22. The number of nitrogens with one attached hydrogen (secondary N) is 2. The third-order valence-corrected chi connectivity index (χ3v) is 6.78. The highest BCUT2D eigenvalue weighted by Gasteiger charge is 2.22. The van der Waals surface area contributed by atoms with E-state index in [0.717, 1.165) is 16.1 Å². The van der Waals surface area contributed by atoms with Gasteiger partial charge in [0.25, 0.3) is 0 Å². The molecule has 3 aromatic rings. The summed E-state index contributed by atoms with van der Waals surface area (Å²) in [5, 5.41) is 7.28. The third kappa shape index (κ3) is 4.00. The van der Waals surface area contributed by atoms with E-state index in [1.807, 2.05) is 6.92 Å².